The molecule has 2 aromatic rings. The third-order valence-electron chi connectivity index (χ3n) is 3.06. The summed E-state index contributed by atoms with van der Waals surface area (Å²) < 4.78 is 29.4. The maximum absolute atomic E-state index is 12.4. The number of aromatic nitrogens is 2. The predicted molar refractivity (Wildman–Crippen MR) is 82.6 cm³/mol. The van der Waals surface area contributed by atoms with Crippen molar-refractivity contribution in [2.75, 3.05) is 11.8 Å². The molecule has 2 rings (SSSR count). The molecular weight excluding hydrogens is 288 g/mol. The molecule has 7 heteroatoms. The summed E-state index contributed by atoms with van der Waals surface area (Å²) in [6.07, 6.45) is 4.76. The average Bonchev–Trinajstić information content (AvgIpc) is 2.85. The average molecular weight is 308 g/mol. The van der Waals surface area contributed by atoms with Gasteiger partial charge in [0.25, 0.3) is 10.0 Å². The largest absolute Gasteiger partial charge is 0.346 e. The van der Waals surface area contributed by atoms with E-state index in [1.807, 2.05) is 25.5 Å². The SMILES string of the molecule is CNCc1cc(S(=O)(=O)Nc2ccncc2)cn1C(C)C. The first kappa shape index (κ1) is 15.5. The van der Waals surface area contributed by atoms with Gasteiger partial charge in [-0.15, -0.1) is 0 Å². The van der Waals surface area contributed by atoms with Crippen LogP contribution >= 0.6 is 0 Å². The van der Waals surface area contributed by atoms with Crippen LogP contribution in [0.15, 0.2) is 41.7 Å². The first-order valence-electron chi connectivity index (χ1n) is 6.72. The zero-order chi connectivity index (χ0) is 15.5. The lowest BCUT2D eigenvalue weighted by Gasteiger charge is -2.12. The topological polar surface area (TPSA) is 76.0 Å². The van der Waals surface area contributed by atoms with Crippen LogP contribution < -0.4 is 10.0 Å². The highest BCUT2D eigenvalue weighted by molar-refractivity contribution is 7.92. The molecule has 2 N–H and O–H groups in total. The highest BCUT2D eigenvalue weighted by atomic mass is 32.2. The Hall–Kier alpha value is -1.86. The monoisotopic (exact) mass is 308 g/mol. The van der Waals surface area contributed by atoms with E-state index in [9.17, 15) is 8.42 Å². The van der Waals surface area contributed by atoms with Crippen LogP contribution in [-0.4, -0.2) is 25.0 Å². The van der Waals surface area contributed by atoms with E-state index >= 15 is 0 Å². The second-order valence-corrected chi connectivity index (χ2v) is 6.72. The Kier molecular flexibility index (Phi) is 4.64. The minimum atomic E-state index is -3.59. The number of nitrogens with zero attached hydrogens (tertiary/aromatic N) is 2. The van der Waals surface area contributed by atoms with Crippen LogP contribution in [0.3, 0.4) is 0 Å². The maximum atomic E-state index is 12.4. The number of hydrogen-bond acceptors (Lipinski definition) is 4. The molecule has 2 heterocycles. The molecule has 0 saturated carbocycles. The third kappa shape index (κ3) is 3.62. The number of hydrogen-bond donors (Lipinski definition) is 2. The van der Waals surface area contributed by atoms with Crippen molar-refractivity contribution in [2.24, 2.45) is 0 Å². The van der Waals surface area contributed by atoms with E-state index in [0.29, 0.717) is 12.2 Å². The molecule has 0 aliphatic carbocycles. The zero-order valence-electron chi connectivity index (χ0n) is 12.4. The molecular formula is C14H20N4O2S. The molecule has 21 heavy (non-hydrogen) atoms. The Morgan fingerprint density at radius 3 is 2.52 bits per heavy atom. The van der Waals surface area contributed by atoms with Gasteiger partial charge in [-0.1, -0.05) is 0 Å². The van der Waals surface area contributed by atoms with E-state index in [1.54, 1.807) is 36.8 Å². The summed E-state index contributed by atoms with van der Waals surface area (Å²) in [5.74, 6) is 0. The Morgan fingerprint density at radius 1 is 1.29 bits per heavy atom. The Morgan fingerprint density at radius 2 is 1.95 bits per heavy atom. The van der Waals surface area contributed by atoms with E-state index < -0.39 is 10.0 Å². The molecule has 0 saturated heterocycles. The van der Waals surface area contributed by atoms with Crippen molar-refractivity contribution in [3.8, 4) is 0 Å². The number of nitrogens with one attached hydrogen (secondary N) is 2. The highest BCUT2D eigenvalue weighted by Gasteiger charge is 2.19. The van der Waals surface area contributed by atoms with Gasteiger partial charge in [-0.25, -0.2) is 8.42 Å². The molecule has 0 spiro atoms. The second kappa shape index (κ2) is 6.28. The molecule has 0 bridgehead atoms. The van der Waals surface area contributed by atoms with Crippen LogP contribution in [0.5, 0.6) is 0 Å². The van der Waals surface area contributed by atoms with Crippen molar-refractivity contribution in [3.63, 3.8) is 0 Å². The van der Waals surface area contributed by atoms with Gasteiger partial charge in [0.1, 0.15) is 4.90 Å². The minimum Gasteiger partial charge on any atom is -0.346 e. The summed E-state index contributed by atoms with van der Waals surface area (Å²) in [7, 11) is -1.76. The fourth-order valence-electron chi connectivity index (χ4n) is 2.08. The van der Waals surface area contributed by atoms with Crippen molar-refractivity contribution < 1.29 is 8.42 Å². The van der Waals surface area contributed by atoms with Gasteiger partial charge in [-0.3, -0.25) is 9.71 Å². The summed E-state index contributed by atoms with van der Waals surface area (Å²) in [6.45, 7) is 4.65. The normalized spacial score (nSPS) is 11.8. The lowest BCUT2D eigenvalue weighted by molar-refractivity contribution is 0.562. The third-order valence-corrected chi connectivity index (χ3v) is 4.41. The van der Waals surface area contributed by atoms with Gasteiger partial charge in [-0.2, -0.15) is 0 Å². The zero-order valence-corrected chi connectivity index (χ0v) is 13.2. The number of sulfonamides is 1. The van der Waals surface area contributed by atoms with Crippen molar-refractivity contribution in [2.45, 2.75) is 31.3 Å². The first-order chi connectivity index (χ1) is 9.94. The Bertz CT molecular complexity index is 693. The highest BCUT2D eigenvalue weighted by Crippen LogP contribution is 2.21. The molecule has 0 aliphatic rings. The van der Waals surface area contributed by atoms with Gasteiger partial charge < -0.3 is 9.88 Å². The van der Waals surface area contributed by atoms with Gasteiger partial charge in [-0.05, 0) is 39.1 Å². The Labute approximate surface area is 125 Å². The van der Waals surface area contributed by atoms with Crippen LogP contribution in [0.1, 0.15) is 25.6 Å². The van der Waals surface area contributed by atoms with Crippen LogP contribution in [0.25, 0.3) is 0 Å². The predicted octanol–water partition coefficient (Wildman–Crippen LogP) is 1.98. The van der Waals surface area contributed by atoms with Crippen LogP contribution in [0.4, 0.5) is 5.69 Å². The van der Waals surface area contributed by atoms with Crippen LogP contribution in [-0.2, 0) is 16.6 Å². The first-order valence-corrected chi connectivity index (χ1v) is 8.20. The number of rotatable bonds is 6. The standard InChI is InChI=1S/C14H20N4O2S/c1-11(2)18-10-14(8-13(18)9-15-3)21(19,20)17-12-4-6-16-7-5-12/h4-8,10-11,15H,9H2,1-3H3,(H,16,17). The van der Waals surface area contributed by atoms with Gasteiger partial charge in [0.05, 0.1) is 5.69 Å². The Balaban J connectivity index is 2.34. The van der Waals surface area contributed by atoms with E-state index in [1.165, 1.54) is 0 Å². The van der Waals surface area contributed by atoms with E-state index in [-0.39, 0.29) is 10.9 Å². The molecule has 0 aliphatic heterocycles. The van der Waals surface area contributed by atoms with Crippen LogP contribution in [0, 0.1) is 0 Å². The molecule has 2 aromatic heterocycles. The van der Waals surface area contributed by atoms with Gasteiger partial charge in [0, 0.05) is 36.9 Å². The maximum Gasteiger partial charge on any atom is 0.263 e. The summed E-state index contributed by atoms with van der Waals surface area (Å²) in [5, 5.41) is 3.05. The molecule has 0 aromatic carbocycles. The summed E-state index contributed by atoms with van der Waals surface area (Å²) >= 11 is 0. The van der Waals surface area contributed by atoms with Crippen LogP contribution in [0.2, 0.25) is 0 Å². The molecule has 0 atom stereocenters. The van der Waals surface area contributed by atoms with Gasteiger partial charge >= 0.3 is 0 Å². The lowest BCUT2D eigenvalue weighted by Crippen LogP contribution is -2.12. The second-order valence-electron chi connectivity index (χ2n) is 5.04. The van der Waals surface area contributed by atoms with E-state index in [0.717, 1.165) is 5.69 Å². The molecule has 0 amide bonds. The van der Waals surface area contributed by atoms with Gasteiger partial charge in [0.2, 0.25) is 0 Å². The van der Waals surface area contributed by atoms with Crippen molar-refractivity contribution >= 4 is 15.7 Å². The number of pyridine rings is 1. The smallest absolute Gasteiger partial charge is 0.263 e. The van der Waals surface area contributed by atoms with Crippen molar-refractivity contribution in [1.29, 1.82) is 0 Å². The fraction of sp³-hybridized carbons (Fsp3) is 0.357. The molecule has 0 unspecified atom stereocenters. The summed E-state index contributed by atoms with van der Waals surface area (Å²) in [5.41, 5.74) is 1.43. The molecule has 0 radical (unpaired) electrons. The quantitative estimate of drug-likeness (QED) is 0.855. The molecule has 6 nitrogen and oxygen atoms in total. The lowest BCUT2D eigenvalue weighted by atomic mass is 10.3. The molecule has 114 valence electrons. The van der Waals surface area contributed by atoms with E-state index in [4.69, 9.17) is 0 Å². The fourth-order valence-corrected chi connectivity index (χ4v) is 3.19. The number of anilines is 1. The summed E-state index contributed by atoms with van der Waals surface area (Å²) in [6, 6.07) is 5.12. The molecule has 0 fully saturated rings. The van der Waals surface area contributed by atoms with E-state index in [2.05, 4.69) is 15.0 Å². The minimum absolute atomic E-state index is 0.193. The van der Waals surface area contributed by atoms with Crippen molar-refractivity contribution in [1.82, 2.24) is 14.9 Å². The summed E-state index contributed by atoms with van der Waals surface area (Å²) in [4.78, 5) is 4.13. The van der Waals surface area contributed by atoms with Crippen molar-refractivity contribution in [3.05, 3.63) is 42.5 Å². The van der Waals surface area contributed by atoms with Gasteiger partial charge in [0.15, 0.2) is 0 Å².